The third-order valence-electron chi connectivity index (χ3n) is 6.47. The molecule has 8 nitrogen and oxygen atoms in total. The molecule has 0 radical (unpaired) electrons. The van der Waals surface area contributed by atoms with Gasteiger partial charge >= 0.3 is 0 Å². The molecule has 4 atom stereocenters. The highest BCUT2D eigenvalue weighted by Gasteiger charge is 2.49. The summed E-state index contributed by atoms with van der Waals surface area (Å²) >= 11 is 0. The van der Waals surface area contributed by atoms with Gasteiger partial charge in [0.25, 0.3) is 5.91 Å². The first-order chi connectivity index (χ1) is 13.0. The van der Waals surface area contributed by atoms with Crippen molar-refractivity contribution in [2.45, 2.75) is 74.2 Å². The quantitative estimate of drug-likeness (QED) is 0.771. The maximum absolute atomic E-state index is 13.0. The molecule has 2 bridgehead atoms. The maximum atomic E-state index is 13.0. The van der Waals surface area contributed by atoms with Gasteiger partial charge in [0.05, 0.1) is 5.25 Å². The zero-order chi connectivity index (χ0) is 18.6. The smallest absolute Gasteiger partial charge is 0.273 e. The molecule has 148 valence electrons. The van der Waals surface area contributed by atoms with Crippen molar-refractivity contribution in [1.82, 2.24) is 20.1 Å². The first-order valence-corrected chi connectivity index (χ1v) is 11.5. The number of carbonyl (C=O) groups excluding carboxylic acids is 1. The van der Waals surface area contributed by atoms with E-state index in [9.17, 15) is 13.2 Å². The van der Waals surface area contributed by atoms with Gasteiger partial charge in [0.1, 0.15) is 5.76 Å². The molecule has 9 heteroatoms. The van der Waals surface area contributed by atoms with Gasteiger partial charge in [-0.2, -0.15) is 4.31 Å². The Balaban J connectivity index is 1.25. The summed E-state index contributed by atoms with van der Waals surface area (Å²) in [4.78, 5) is 12.5. The van der Waals surface area contributed by atoms with Gasteiger partial charge < -0.3 is 15.2 Å². The number of aromatic nitrogens is 1. The number of rotatable bonds is 5. The highest BCUT2D eigenvalue weighted by atomic mass is 32.2. The van der Waals surface area contributed by atoms with Crippen LogP contribution in [-0.4, -0.2) is 60.3 Å². The van der Waals surface area contributed by atoms with Gasteiger partial charge in [-0.3, -0.25) is 4.79 Å². The minimum Gasteiger partial charge on any atom is -0.360 e. The van der Waals surface area contributed by atoms with E-state index in [1.165, 1.54) is 0 Å². The molecule has 5 rings (SSSR count). The van der Waals surface area contributed by atoms with Crippen LogP contribution in [-0.2, 0) is 10.0 Å². The van der Waals surface area contributed by atoms with Gasteiger partial charge in [0, 0.05) is 36.7 Å². The van der Waals surface area contributed by atoms with E-state index in [4.69, 9.17) is 4.52 Å². The molecular formula is C18H26N4O4S. The van der Waals surface area contributed by atoms with Crippen LogP contribution in [0.5, 0.6) is 0 Å². The van der Waals surface area contributed by atoms with E-state index < -0.39 is 10.0 Å². The summed E-state index contributed by atoms with van der Waals surface area (Å²) in [7, 11) is -3.27. The van der Waals surface area contributed by atoms with Crippen molar-refractivity contribution < 1.29 is 17.7 Å². The largest absolute Gasteiger partial charge is 0.360 e. The molecule has 1 aliphatic carbocycles. The Morgan fingerprint density at radius 3 is 2.56 bits per heavy atom. The van der Waals surface area contributed by atoms with E-state index in [1.807, 2.05) is 0 Å². The fourth-order valence-corrected chi connectivity index (χ4v) is 7.24. The van der Waals surface area contributed by atoms with Gasteiger partial charge in [0.2, 0.25) is 10.0 Å². The van der Waals surface area contributed by atoms with Crippen LogP contribution in [0.1, 0.15) is 67.1 Å². The number of nitrogens with one attached hydrogen (secondary N) is 2. The predicted molar refractivity (Wildman–Crippen MR) is 97.8 cm³/mol. The minimum absolute atomic E-state index is 0.000941. The van der Waals surface area contributed by atoms with E-state index in [0.717, 1.165) is 38.0 Å². The van der Waals surface area contributed by atoms with E-state index in [-0.39, 0.29) is 29.3 Å². The Hall–Kier alpha value is -1.45. The molecule has 1 unspecified atom stereocenters. The maximum Gasteiger partial charge on any atom is 0.273 e. The molecule has 4 fully saturated rings. The zero-order valence-corrected chi connectivity index (χ0v) is 16.1. The summed E-state index contributed by atoms with van der Waals surface area (Å²) in [6.45, 7) is 1.32. The number of piperidine rings is 1. The topological polar surface area (TPSA) is 105 Å². The Bertz CT molecular complexity index is 814. The van der Waals surface area contributed by atoms with Crippen molar-refractivity contribution in [3.8, 4) is 0 Å². The van der Waals surface area contributed by atoms with Crippen LogP contribution in [0.25, 0.3) is 0 Å². The van der Waals surface area contributed by atoms with Gasteiger partial charge in [-0.1, -0.05) is 5.16 Å². The van der Waals surface area contributed by atoms with Crippen LogP contribution in [0.15, 0.2) is 10.6 Å². The Labute approximate surface area is 159 Å². The van der Waals surface area contributed by atoms with Gasteiger partial charge in [0.15, 0.2) is 5.69 Å². The lowest BCUT2D eigenvalue weighted by molar-refractivity contribution is 0.0900. The standard InChI is InChI=1S/C18H26N4O4S/c23-18(16-9-17(26-21-16)11-1-2-11)20-12-7-13-3-4-14(8-12)22(13)27(24,25)15-5-6-19-10-15/h9,11-15,19H,1-8,10H2,(H,20,23)/t12-,13+,14-,15?. The predicted octanol–water partition coefficient (Wildman–Crippen LogP) is 0.969. The lowest BCUT2D eigenvalue weighted by Crippen LogP contribution is -2.54. The molecule has 2 N–H and O–H groups in total. The average molecular weight is 394 g/mol. The van der Waals surface area contributed by atoms with Crippen LogP contribution < -0.4 is 10.6 Å². The number of amides is 1. The van der Waals surface area contributed by atoms with E-state index in [1.54, 1.807) is 10.4 Å². The van der Waals surface area contributed by atoms with E-state index in [0.29, 0.717) is 37.4 Å². The van der Waals surface area contributed by atoms with Crippen LogP contribution in [0.3, 0.4) is 0 Å². The molecular weight excluding hydrogens is 368 g/mol. The summed E-state index contributed by atoms with van der Waals surface area (Å²) < 4.78 is 33.1. The first kappa shape index (κ1) is 17.6. The molecule has 0 spiro atoms. The number of hydrogen-bond donors (Lipinski definition) is 2. The van der Waals surface area contributed by atoms with Crippen molar-refractivity contribution in [2.75, 3.05) is 13.1 Å². The van der Waals surface area contributed by atoms with Crippen molar-refractivity contribution in [3.05, 3.63) is 17.5 Å². The lowest BCUT2D eigenvalue weighted by atomic mass is 9.99. The minimum atomic E-state index is -3.27. The van der Waals surface area contributed by atoms with E-state index >= 15 is 0 Å². The monoisotopic (exact) mass is 394 g/mol. The number of fused-ring (bicyclic) bond motifs is 2. The lowest BCUT2D eigenvalue weighted by Gasteiger charge is -2.39. The fourth-order valence-electron chi connectivity index (χ4n) is 4.94. The average Bonchev–Trinajstić information content (AvgIpc) is 3.07. The molecule has 0 aromatic carbocycles. The molecule has 4 aliphatic rings. The second kappa shape index (κ2) is 6.56. The highest BCUT2D eigenvalue weighted by Crippen LogP contribution is 2.41. The molecule has 3 aliphatic heterocycles. The molecule has 1 amide bonds. The number of nitrogens with zero attached hydrogens (tertiary/aromatic N) is 2. The summed E-state index contributed by atoms with van der Waals surface area (Å²) in [6, 6.07) is 1.73. The van der Waals surface area contributed by atoms with E-state index in [2.05, 4.69) is 15.8 Å². The van der Waals surface area contributed by atoms with Gasteiger partial charge in [-0.05, 0) is 51.5 Å². The van der Waals surface area contributed by atoms with Gasteiger partial charge in [-0.15, -0.1) is 0 Å². The molecule has 1 aromatic rings. The Morgan fingerprint density at radius 2 is 1.93 bits per heavy atom. The second-order valence-corrected chi connectivity index (χ2v) is 10.5. The first-order valence-electron chi connectivity index (χ1n) is 10.0. The van der Waals surface area contributed by atoms with Crippen molar-refractivity contribution in [1.29, 1.82) is 0 Å². The third-order valence-corrected chi connectivity index (χ3v) is 8.90. The third kappa shape index (κ3) is 3.19. The highest BCUT2D eigenvalue weighted by molar-refractivity contribution is 7.89. The summed E-state index contributed by atoms with van der Waals surface area (Å²) in [5, 5.41) is 9.81. The van der Waals surface area contributed by atoms with Crippen molar-refractivity contribution >= 4 is 15.9 Å². The molecule has 1 saturated carbocycles. The van der Waals surface area contributed by atoms with Crippen LogP contribution in [0.4, 0.5) is 0 Å². The summed E-state index contributed by atoms with van der Waals surface area (Å²) in [5.74, 6) is 1.01. The number of hydrogen-bond acceptors (Lipinski definition) is 6. The molecule has 27 heavy (non-hydrogen) atoms. The Morgan fingerprint density at radius 1 is 1.19 bits per heavy atom. The molecule has 3 saturated heterocycles. The number of carbonyl (C=O) groups is 1. The second-order valence-electron chi connectivity index (χ2n) is 8.41. The van der Waals surface area contributed by atoms with Crippen LogP contribution in [0.2, 0.25) is 0 Å². The number of sulfonamides is 1. The zero-order valence-electron chi connectivity index (χ0n) is 15.3. The SMILES string of the molecule is O=C(N[C@H]1C[C@H]2CC[C@@H](C1)N2S(=O)(=O)C1CCNC1)c1cc(C2CC2)on1. The summed E-state index contributed by atoms with van der Waals surface area (Å²) in [5.41, 5.74) is 0.330. The summed E-state index contributed by atoms with van der Waals surface area (Å²) in [6.07, 6.45) is 6.00. The fraction of sp³-hybridized carbons (Fsp3) is 0.778. The Kier molecular flexibility index (Phi) is 4.29. The van der Waals surface area contributed by atoms with Gasteiger partial charge in [-0.25, -0.2) is 8.42 Å². The molecule has 4 heterocycles. The van der Waals surface area contributed by atoms with Crippen molar-refractivity contribution in [2.24, 2.45) is 0 Å². The molecule has 1 aromatic heterocycles. The van der Waals surface area contributed by atoms with Crippen molar-refractivity contribution in [3.63, 3.8) is 0 Å². The van der Waals surface area contributed by atoms with Crippen LogP contribution >= 0.6 is 0 Å². The normalized spacial score (nSPS) is 34.1. The van der Waals surface area contributed by atoms with Crippen LogP contribution in [0, 0.1) is 0 Å².